The van der Waals surface area contributed by atoms with Crippen LogP contribution in [-0.2, 0) is 46.5 Å². The highest BCUT2D eigenvalue weighted by atomic mass is 16.1. The average molecular weight is 1070 g/mol. The lowest BCUT2D eigenvalue weighted by atomic mass is 10.0. The predicted molar refractivity (Wildman–Crippen MR) is 310 cm³/mol. The molecule has 11 aromatic rings. The van der Waals surface area contributed by atoms with Gasteiger partial charge in [0.05, 0.1) is 42.0 Å². The van der Waals surface area contributed by atoms with Crippen LogP contribution < -0.4 is 0 Å². The predicted octanol–water partition coefficient (Wildman–Crippen LogP) is 11.3. The quantitative estimate of drug-likeness (QED) is 0.0742. The minimum absolute atomic E-state index is 0.219. The highest BCUT2D eigenvalue weighted by molar-refractivity contribution is 5.86. The number of Topliss-reactive ketones (excluding diaryl/α,β-unsaturated/α-hetero) is 3. The molecule has 3 aliphatic rings. The van der Waals surface area contributed by atoms with Gasteiger partial charge in [-0.2, -0.15) is 15.3 Å². The number of fused-ring (bicyclic) bond motifs is 3. The van der Waals surface area contributed by atoms with Crippen LogP contribution in [0.15, 0.2) is 176 Å². The van der Waals surface area contributed by atoms with Gasteiger partial charge >= 0.3 is 0 Å². The summed E-state index contributed by atoms with van der Waals surface area (Å²) < 4.78 is 5.43. The number of nitrogens with zero attached hydrogens (tertiary/aromatic N) is 11. The molecule has 3 fully saturated rings. The lowest BCUT2D eigenvalue weighted by Crippen LogP contribution is -2.06. The first-order chi connectivity index (χ1) is 39.8. The Morgan fingerprint density at radius 2 is 0.840 bits per heavy atom. The Morgan fingerprint density at radius 1 is 0.420 bits per heavy atom. The van der Waals surface area contributed by atoms with E-state index in [2.05, 4.69) is 94.8 Å². The SMILES string of the molecule is O=C(Cc1nc2cccc(-c3ccc(/C=C/c4ccccn4)cc3)n2n1)C1CC1.O=C(Cc1nc2cccc(-c3ccc(CCc4ccccn4)cc3)n2n1)C1CC1.O=Cc1ccc(-c2cccc3nc(CC(=O)C4CC4)nn23)cc1. The third-order valence-corrected chi connectivity index (χ3v) is 14.6. The molecule has 8 heterocycles. The minimum atomic E-state index is 0.219. The Bertz CT molecular complexity index is 4060. The van der Waals surface area contributed by atoms with Crippen molar-refractivity contribution < 1.29 is 19.2 Å². The average Bonchev–Trinajstić information content (AvgIpc) is 4.48. The number of aromatic nitrogens is 11. The second kappa shape index (κ2) is 23.7. The summed E-state index contributed by atoms with van der Waals surface area (Å²) in [6.45, 7) is 0. The van der Waals surface area contributed by atoms with Crippen molar-refractivity contribution in [2.45, 2.75) is 70.6 Å². The van der Waals surface area contributed by atoms with Crippen molar-refractivity contribution >= 4 is 52.7 Å². The molecule has 0 radical (unpaired) electrons. The van der Waals surface area contributed by atoms with Crippen molar-refractivity contribution in [1.29, 1.82) is 0 Å². The molecular weight excluding hydrogens is 1010 g/mol. The number of carbonyl (C=O) groups excluding carboxylic acids is 4. The summed E-state index contributed by atoms with van der Waals surface area (Å²) >= 11 is 0. The van der Waals surface area contributed by atoms with Gasteiger partial charge in [-0.25, -0.2) is 28.5 Å². The molecule has 0 unspecified atom stereocenters. The molecule has 0 spiro atoms. The molecule has 3 aromatic carbocycles. The number of carbonyl (C=O) groups is 4. The molecule has 0 amide bonds. The molecule has 81 heavy (non-hydrogen) atoms. The van der Waals surface area contributed by atoms with Crippen LogP contribution in [0.5, 0.6) is 0 Å². The first-order valence-corrected chi connectivity index (χ1v) is 27.6. The van der Waals surface area contributed by atoms with Crippen molar-refractivity contribution in [3.8, 4) is 33.8 Å². The van der Waals surface area contributed by atoms with Crippen LogP contribution in [0.3, 0.4) is 0 Å². The Hall–Kier alpha value is -9.76. The monoisotopic (exact) mass is 1070 g/mol. The van der Waals surface area contributed by atoms with E-state index in [4.69, 9.17) is 0 Å². The number of ketones is 3. The summed E-state index contributed by atoms with van der Waals surface area (Å²) in [5.74, 6) is 3.22. The minimum Gasteiger partial charge on any atom is -0.299 e. The Morgan fingerprint density at radius 3 is 1.23 bits per heavy atom. The van der Waals surface area contributed by atoms with E-state index in [1.807, 2.05) is 124 Å². The Balaban J connectivity index is 0.000000122. The van der Waals surface area contributed by atoms with E-state index in [1.165, 1.54) is 5.56 Å². The second-order valence-electron chi connectivity index (χ2n) is 20.8. The molecule has 14 rings (SSSR count). The smallest absolute Gasteiger partial charge is 0.159 e. The van der Waals surface area contributed by atoms with E-state index >= 15 is 0 Å². The van der Waals surface area contributed by atoms with E-state index in [0.717, 1.165) is 125 Å². The van der Waals surface area contributed by atoms with Crippen molar-refractivity contribution in [3.05, 3.63) is 222 Å². The Kier molecular flexibility index (Phi) is 15.2. The van der Waals surface area contributed by atoms with Gasteiger partial charge < -0.3 is 0 Å². The summed E-state index contributed by atoms with van der Waals surface area (Å²) in [5.41, 5.74) is 13.2. The fourth-order valence-electron chi connectivity index (χ4n) is 9.66. The van der Waals surface area contributed by atoms with Gasteiger partial charge in [0, 0.05) is 58.1 Å². The molecule has 400 valence electrons. The van der Waals surface area contributed by atoms with E-state index < -0.39 is 0 Å². The summed E-state index contributed by atoms with van der Waals surface area (Å²) in [6, 6.07) is 53.7. The lowest BCUT2D eigenvalue weighted by Gasteiger charge is -2.06. The number of aldehydes is 1. The fourth-order valence-corrected chi connectivity index (χ4v) is 9.66. The number of aryl methyl sites for hydroxylation is 2. The van der Waals surface area contributed by atoms with Crippen molar-refractivity contribution in [1.82, 2.24) is 53.8 Å². The number of rotatable bonds is 18. The van der Waals surface area contributed by atoms with Gasteiger partial charge in [0.25, 0.3) is 0 Å². The third-order valence-electron chi connectivity index (χ3n) is 14.6. The van der Waals surface area contributed by atoms with Crippen LogP contribution in [-0.4, -0.2) is 77.4 Å². The zero-order chi connectivity index (χ0) is 55.1. The molecule has 8 aromatic heterocycles. The summed E-state index contributed by atoms with van der Waals surface area (Å²) in [4.78, 5) is 69.2. The summed E-state index contributed by atoms with van der Waals surface area (Å²) in [7, 11) is 0. The fraction of sp³-hybridized carbons (Fsp3) is 0.212. The molecule has 0 bridgehead atoms. The van der Waals surface area contributed by atoms with Gasteiger partial charge in [0.2, 0.25) is 0 Å². The van der Waals surface area contributed by atoms with Crippen LogP contribution >= 0.6 is 0 Å². The maximum Gasteiger partial charge on any atom is 0.159 e. The highest BCUT2D eigenvalue weighted by Crippen LogP contribution is 2.33. The normalized spacial score (nSPS) is 13.9. The van der Waals surface area contributed by atoms with Gasteiger partial charge in [-0.15, -0.1) is 0 Å². The van der Waals surface area contributed by atoms with Gasteiger partial charge in [0.15, 0.2) is 34.4 Å². The number of benzene rings is 3. The molecule has 15 nitrogen and oxygen atoms in total. The lowest BCUT2D eigenvalue weighted by molar-refractivity contribution is -0.120. The van der Waals surface area contributed by atoms with E-state index in [1.54, 1.807) is 22.8 Å². The first-order valence-electron chi connectivity index (χ1n) is 27.6. The second-order valence-corrected chi connectivity index (χ2v) is 20.8. The number of hydrogen-bond donors (Lipinski definition) is 0. The Labute approximate surface area is 467 Å². The van der Waals surface area contributed by atoms with Crippen molar-refractivity contribution in [2.24, 2.45) is 17.8 Å². The molecule has 0 atom stereocenters. The van der Waals surface area contributed by atoms with Crippen LogP contribution in [0, 0.1) is 17.8 Å². The van der Waals surface area contributed by atoms with Crippen LogP contribution in [0.4, 0.5) is 0 Å². The summed E-state index contributed by atoms with van der Waals surface area (Å²) in [5, 5.41) is 13.7. The number of pyridine rings is 5. The van der Waals surface area contributed by atoms with E-state index in [9.17, 15) is 19.2 Å². The molecule has 0 N–H and O–H groups in total. The standard InChI is InChI=1S/C24H22N4O.C24H20N4O.C18H15N3O2/c2*29-22(19-12-13-19)16-23-26-24-6-3-5-21(28(24)27-23)18-10-7-17(8-11-18)9-14-20-4-1-2-15-25-20;22-11-12-4-6-13(7-5-12)15-2-1-3-18-19-17(20-21(15)18)10-16(23)14-8-9-14/h1-8,10-11,15,19H,9,12-14,16H2;1-11,14-15,19H,12-13,16H2;1-7,11,14H,8-10H2/b;14-9+;. The largest absolute Gasteiger partial charge is 0.299 e. The highest BCUT2D eigenvalue weighted by Gasteiger charge is 2.32. The first kappa shape index (κ1) is 52.0. The molecule has 3 saturated carbocycles. The van der Waals surface area contributed by atoms with E-state index in [-0.39, 0.29) is 35.1 Å². The van der Waals surface area contributed by atoms with Crippen molar-refractivity contribution in [3.63, 3.8) is 0 Å². The molecule has 3 aliphatic carbocycles. The van der Waals surface area contributed by atoms with E-state index in [0.29, 0.717) is 42.3 Å². The van der Waals surface area contributed by atoms with Gasteiger partial charge in [-0.1, -0.05) is 109 Å². The third kappa shape index (κ3) is 12.9. The number of hydrogen-bond acceptors (Lipinski definition) is 12. The van der Waals surface area contributed by atoms with Crippen LogP contribution in [0.1, 0.15) is 88.9 Å². The van der Waals surface area contributed by atoms with Gasteiger partial charge in [0.1, 0.15) is 23.6 Å². The molecule has 0 saturated heterocycles. The van der Waals surface area contributed by atoms with Gasteiger partial charge in [-0.05, 0) is 129 Å². The summed E-state index contributed by atoms with van der Waals surface area (Å²) in [6.07, 6.45) is 17.4. The molecule has 15 heteroatoms. The molecule has 0 aliphatic heterocycles. The molecular formula is C66H57N11O4. The maximum absolute atomic E-state index is 12.1. The maximum atomic E-state index is 12.1. The zero-order valence-electron chi connectivity index (χ0n) is 44.5. The van der Waals surface area contributed by atoms with Gasteiger partial charge in [-0.3, -0.25) is 29.1 Å². The van der Waals surface area contributed by atoms with Crippen LogP contribution in [0.25, 0.3) is 62.9 Å². The van der Waals surface area contributed by atoms with Crippen LogP contribution in [0.2, 0.25) is 0 Å². The topological polar surface area (TPSA) is 185 Å². The van der Waals surface area contributed by atoms with Crippen molar-refractivity contribution in [2.75, 3.05) is 0 Å². The zero-order valence-corrected chi connectivity index (χ0v) is 44.5.